The molecule has 1 aliphatic rings. The van der Waals surface area contributed by atoms with Crippen LogP contribution >= 0.6 is 0 Å². The lowest BCUT2D eigenvalue weighted by Gasteiger charge is -2.32. The Morgan fingerprint density at radius 1 is 1.00 bits per heavy atom. The van der Waals surface area contributed by atoms with Crippen molar-refractivity contribution in [1.82, 2.24) is 5.32 Å². The number of hydrogen-bond donors (Lipinski definition) is 1. The Bertz CT molecular complexity index is 137. The standard InChI is InChI=1S/C12H25N.H2/c1-9(2)11-5-7-12(8-6-11)13-10(3)4;/h9-13H,5-8H2,1-4H3;1H. The quantitative estimate of drug-likeness (QED) is 0.710. The van der Waals surface area contributed by atoms with E-state index in [1.807, 2.05) is 0 Å². The molecule has 0 aliphatic heterocycles. The zero-order valence-electron chi connectivity index (χ0n) is 9.64. The van der Waals surface area contributed by atoms with E-state index in [2.05, 4.69) is 33.0 Å². The molecule has 1 nitrogen and oxygen atoms in total. The summed E-state index contributed by atoms with van der Waals surface area (Å²) in [6.45, 7) is 9.21. The van der Waals surface area contributed by atoms with Crippen LogP contribution in [0.1, 0.15) is 54.8 Å². The molecule has 0 radical (unpaired) electrons. The first kappa shape index (κ1) is 11.0. The second kappa shape index (κ2) is 4.99. The van der Waals surface area contributed by atoms with Crippen LogP contribution in [-0.4, -0.2) is 12.1 Å². The van der Waals surface area contributed by atoms with Gasteiger partial charge in [-0.25, -0.2) is 0 Å². The molecule has 0 bridgehead atoms. The summed E-state index contributed by atoms with van der Waals surface area (Å²) in [4.78, 5) is 0. The van der Waals surface area contributed by atoms with E-state index in [1.54, 1.807) is 0 Å². The highest BCUT2D eigenvalue weighted by atomic mass is 14.9. The van der Waals surface area contributed by atoms with Gasteiger partial charge in [0.05, 0.1) is 0 Å². The zero-order valence-corrected chi connectivity index (χ0v) is 9.64. The van der Waals surface area contributed by atoms with Crippen molar-refractivity contribution in [3.8, 4) is 0 Å². The minimum Gasteiger partial charge on any atom is -0.312 e. The molecule has 0 aromatic carbocycles. The average molecular weight is 185 g/mol. The van der Waals surface area contributed by atoms with Crippen molar-refractivity contribution >= 4 is 0 Å². The molecule has 0 spiro atoms. The minimum atomic E-state index is 0. The van der Waals surface area contributed by atoms with Crippen molar-refractivity contribution in [3.05, 3.63) is 0 Å². The molecule has 0 aromatic heterocycles. The van der Waals surface area contributed by atoms with E-state index in [1.165, 1.54) is 25.7 Å². The minimum absolute atomic E-state index is 0. The van der Waals surface area contributed by atoms with Gasteiger partial charge in [0.1, 0.15) is 0 Å². The largest absolute Gasteiger partial charge is 0.312 e. The Kier molecular flexibility index (Phi) is 4.24. The molecule has 0 aromatic rings. The van der Waals surface area contributed by atoms with Crippen molar-refractivity contribution in [1.29, 1.82) is 0 Å². The fourth-order valence-electron chi connectivity index (χ4n) is 2.42. The van der Waals surface area contributed by atoms with Crippen LogP contribution in [-0.2, 0) is 0 Å². The van der Waals surface area contributed by atoms with Crippen molar-refractivity contribution in [2.75, 3.05) is 0 Å². The van der Waals surface area contributed by atoms with Crippen molar-refractivity contribution in [2.45, 2.75) is 65.5 Å². The lowest BCUT2D eigenvalue weighted by molar-refractivity contribution is 0.232. The van der Waals surface area contributed by atoms with Crippen molar-refractivity contribution < 1.29 is 1.43 Å². The Morgan fingerprint density at radius 2 is 1.54 bits per heavy atom. The smallest absolute Gasteiger partial charge is 0.00696 e. The maximum absolute atomic E-state index is 3.64. The lowest BCUT2D eigenvalue weighted by atomic mass is 9.79. The molecule has 0 unspecified atom stereocenters. The van der Waals surface area contributed by atoms with Crippen LogP contribution in [0.25, 0.3) is 0 Å². The molecular weight excluding hydrogens is 158 g/mol. The van der Waals surface area contributed by atoms with Crippen LogP contribution in [0, 0.1) is 11.8 Å². The highest BCUT2D eigenvalue weighted by Crippen LogP contribution is 2.29. The summed E-state index contributed by atoms with van der Waals surface area (Å²) in [5.41, 5.74) is 0. The van der Waals surface area contributed by atoms with E-state index in [9.17, 15) is 0 Å². The maximum Gasteiger partial charge on any atom is 0.00696 e. The van der Waals surface area contributed by atoms with Crippen molar-refractivity contribution in [3.63, 3.8) is 0 Å². The Morgan fingerprint density at radius 3 is 1.92 bits per heavy atom. The second-order valence-corrected chi connectivity index (χ2v) is 5.18. The molecule has 0 heterocycles. The van der Waals surface area contributed by atoms with Crippen LogP contribution in [0.15, 0.2) is 0 Å². The summed E-state index contributed by atoms with van der Waals surface area (Å²) < 4.78 is 0. The summed E-state index contributed by atoms with van der Waals surface area (Å²) in [6, 6.07) is 1.45. The summed E-state index contributed by atoms with van der Waals surface area (Å²) in [7, 11) is 0. The molecule has 0 amide bonds. The molecular formula is C12H27N. The third kappa shape index (κ3) is 3.68. The van der Waals surface area contributed by atoms with Crippen LogP contribution in [0.3, 0.4) is 0 Å². The van der Waals surface area contributed by atoms with Gasteiger partial charge in [0.25, 0.3) is 0 Å². The summed E-state index contributed by atoms with van der Waals surface area (Å²) in [5, 5.41) is 3.64. The highest BCUT2D eigenvalue weighted by molar-refractivity contribution is 4.79. The Hall–Kier alpha value is -0.0400. The first-order valence-electron chi connectivity index (χ1n) is 5.85. The molecule has 0 atom stereocenters. The molecule has 1 fully saturated rings. The van der Waals surface area contributed by atoms with Gasteiger partial charge >= 0.3 is 0 Å². The fraction of sp³-hybridized carbons (Fsp3) is 1.00. The lowest BCUT2D eigenvalue weighted by Crippen LogP contribution is -2.38. The van der Waals surface area contributed by atoms with E-state index in [0.29, 0.717) is 6.04 Å². The van der Waals surface area contributed by atoms with E-state index in [0.717, 1.165) is 17.9 Å². The number of nitrogens with one attached hydrogen (secondary N) is 1. The normalized spacial score (nSPS) is 30.0. The highest BCUT2D eigenvalue weighted by Gasteiger charge is 2.22. The van der Waals surface area contributed by atoms with Gasteiger partial charge in [0.2, 0.25) is 0 Å². The van der Waals surface area contributed by atoms with Gasteiger partial charge in [0, 0.05) is 13.5 Å². The summed E-state index contributed by atoms with van der Waals surface area (Å²) in [5.74, 6) is 1.88. The van der Waals surface area contributed by atoms with Gasteiger partial charge in [-0.1, -0.05) is 27.7 Å². The molecule has 80 valence electrons. The van der Waals surface area contributed by atoms with Crippen LogP contribution in [0.2, 0.25) is 0 Å². The Labute approximate surface area is 84.8 Å². The average Bonchev–Trinajstić information content (AvgIpc) is 2.04. The number of hydrogen-bond acceptors (Lipinski definition) is 1. The second-order valence-electron chi connectivity index (χ2n) is 5.18. The van der Waals surface area contributed by atoms with E-state index >= 15 is 0 Å². The van der Waals surface area contributed by atoms with E-state index in [-0.39, 0.29) is 1.43 Å². The molecule has 1 aliphatic carbocycles. The van der Waals surface area contributed by atoms with Gasteiger partial charge in [0.15, 0.2) is 0 Å². The monoisotopic (exact) mass is 185 g/mol. The van der Waals surface area contributed by atoms with Gasteiger partial charge in [-0.2, -0.15) is 0 Å². The van der Waals surface area contributed by atoms with Gasteiger partial charge in [-0.15, -0.1) is 0 Å². The molecule has 1 rings (SSSR count). The SMILES string of the molecule is CC(C)NC1CCC(C(C)C)CC1.[HH]. The zero-order chi connectivity index (χ0) is 9.84. The van der Waals surface area contributed by atoms with Crippen LogP contribution in [0.4, 0.5) is 0 Å². The van der Waals surface area contributed by atoms with Crippen molar-refractivity contribution in [2.24, 2.45) is 11.8 Å². The van der Waals surface area contributed by atoms with E-state index in [4.69, 9.17) is 0 Å². The first-order valence-corrected chi connectivity index (χ1v) is 5.85. The third-order valence-electron chi connectivity index (χ3n) is 3.28. The number of rotatable bonds is 3. The first-order chi connectivity index (χ1) is 6.09. The predicted octanol–water partition coefficient (Wildman–Crippen LogP) is 3.45. The van der Waals surface area contributed by atoms with Crippen LogP contribution in [0.5, 0.6) is 0 Å². The predicted molar refractivity (Wildman–Crippen MR) is 61.0 cm³/mol. The summed E-state index contributed by atoms with van der Waals surface area (Å²) >= 11 is 0. The molecule has 1 N–H and O–H groups in total. The molecule has 1 saturated carbocycles. The topological polar surface area (TPSA) is 12.0 Å². The van der Waals surface area contributed by atoms with Crippen LogP contribution < -0.4 is 5.32 Å². The fourth-order valence-corrected chi connectivity index (χ4v) is 2.42. The maximum atomic E-state index is 3.64. The molecule has 13 heavy (non-hydrogen) atoms. The van der Waals surface area contributed by atoms with Gasteiger partial charge in [-0.3, -0.25) is 0 Å². The van der Waals surface area contributed by atoms with Gasteiger partial charge < -0.3 is 5.32 Å². The third-order valence-corrected chi connectivity index (χ3v) is 3.28. The summed E-state index contributed by atoms with van der Waals surface area (Å²) in [6.07, 6.45) is 5.64. The molecule has 1 heteroatoms. The van der Waals surface area contributed by atoms with Gasteiger partial charge in [-0.05, 0) is 37.5 Å². The van der Waals surface area contributed by atoms with E-state index < -0.39 is 0 Å². The Balaban J connectivity index is 0.00000169. The molecule has 0 saturated heterocycles.